The van der Waals surface area contributed by atoms with Gasteiger partial charge in [-0.1, -0.05) is 0 Å². The Morgan fingerprint density at radius 2 is 2.29 bits per heavy atom. The van der Waals surface area contributed by atoms with Gasteiger partial charge in [-0.3, -0.25) is 4.79 Å². The first-order valence-corrected chi connectivity index (χ1v) is 7.07. The Kier molecular flexibility index (Phi) is 3.68. The van der Waals surface area contributed by atoms with Crippen LogP contribution in [0.3, 0.4) is 0 Å². The van der Waals surface area contributed by atoms with Crippen LogP contribution in [0.1, 0.15) is 40.5 Å². The summed E-state index contributed by atoms with van der Waals surface area (Å²) in [6.07, 6.45) is 4.03. The number of halogens is 1. The molecule has 5 nitrogen and oxygen atoms in total. The summed E-state index contributed by atoms with van der Waals surface area (Å²) in [5, 5.41) is 10.9. The maximum Gasteiger partial charge on any atom is 0.251 e. The molecular weight excluding hydrogens is 271 g/mol. The van der Waals surface area contributed by atoms with Crippen LogP contribution in [0, 0.1) is 12.7 Å². The first kappa shape index (κ1) is 13.7. The van der Waals surface area contributed by atoms with Gasteiger partial charge in [-0.25, -0.2) is 4.39 Å². The van der Waals surface area contributed by atoms with E-state index in [0.29, 0.717) is 30.1 Å². The molecule has 1 heterocycles. The van der Waals surface area contributed by atoms with Crippen molar-refractivity contribution in [2.45, 2.75) is 32.2 Å². The van der Waals surface area contributed by atoms with Gasteiger partial charge < -0.3 is 9.88 Å². The molecule has 1 fully saturated rings. The Morgan fingerprint density at radius 1 is 1.48 bits per heavy atom. The highest BCUT2D eigenvalue weighted by atomic mass is 19.1. The average Bonchev–Trinajstić information content (AvgIpc) is 3.21. The molecule has 2 aromatic rings. The van der Waals surface area contributed by atoms with Gasteiger partial charge in [-0.2, -0.15) is 0 Å². The lowest BCUT2D eigenvalue weighted by atomic mass is 10.1. The molecule has 1 saturated carbocycles. The van der Waals surface area contributed by atoms with Crippen LogP contribution in [-0.2, 0) is 6.54 Å². The Morgan fingerprint density at radius 3 is 3.00 bits per heavy atom. The van der Waals surface area contributed by atoms with Crippen LogP contribution >= 0.6 is 0 Å². The Bertz CT molecular complexity index is 663. The predicted octanol–water partition coefficient (Wildman–Crippen LogP) is 2.03. The number of aryl methyl sites for hydroxylation is 1. The second-order valence-electron chi connectivity index (χ2n) is 5.38. The molecule has 110 valence electrons. The van der Waals surface area contributed by atoms with Crippen molar-refractivity contribution in [2.75, 3.05) is 6.54 Å². The van der Waals surface area contributed by atoms with Gasteiger partial charge in [0.25, 0.3) is 5.91 Å². The number of hydrogen-bond acceptors (Lipinski definition) is 3. The topological polar surface area (TPSA) is 59.8 Å². The van der Waals surface area contributed by atoms with Crippen LogP contribution in [0.4, 0.5) is 4.39 Å². The number of hydrogen-bond donors (Lipinski definition) is 1. The molecule has 1 aliphatic carbocycles. The lowest BCUT2D eigenvalue weighted by molar-refractivity contribution is 0.0952. The Labute approximate surface area is 122 Å². The minimum atomic E-state index is -0.301. The number of rotatable bonds is 5. The largest absolute Gasteiger partial charge is 0.350 e. The summed E-state index contributed by atoms with van der Waals surface area (Å²) in [4.78, 5) is 12.0. The van der Waals surface area contributed by atoms with E-state index >= 15 is 0 Å². The summed E-state index contributed by atoms with van der Waals surface area (Å²) in [6, 6.07) is 4.36. The molecule has 1 aliphatic rings. The van der Waals surface area contributed by atoms with E-state index in [0.717, 1.165) is 5.82 Å². The van der Waals surface area contributed by atoms with Crippen molar-refractivity contribution in [3.05, 3.63) is 47.3 Å². The standard InChI is InChI=1S/C15H17FN4O/c1-10-8-12(4-5-13(10)16)15(21)17-6-7-20-9-18-19-14(20)11-2-3-11/h4-5,8-9,11H,2-3,6-7H2,1H3,(H,17,21). The van der Waals surface area contributed by atoms with Gasteiger partial charge in [0, 0.05) is 24.6 Å². The number of aromatic nitrogens is 3. The summed E-state index contributed by atoms with van der Waals surface area (Å²) in [7, 11) is 0. The molecule has 0 radical (unpaired) electrons. The molecule has 3 rings (SSSR count). The molecule has 0 saturated heterocycles. The van der Waals surface area contributed by atoms with E-state index in [4.69, 9.17) is 0 Å². The fourth-order valence-corrected chi connectivity index (χ4v) is 2.27. The number of benzene rings is 1. The molecule has 1 aromatic carbocycles. The van der Waals surface area contributed by atoms with E-state index < -0.39 is 0 Å². The van der Waals surface area contributed by atoms with Gasteiger partial charge in [0.2, 0.25) is 0 Å². The van der Waals surface area contributed by atoms with Crippen LogP contribution in [0.2, 0.25) is 0 Å². The van der Waals surface area contributed by atoms with Crippen molar-refractivity contribution in [2.24, 2.45) is 0 Å². The summed E-state index contributed by atoms with van der Waals surface area (Å²) in [5.41, 5.74) is 0.942. The van der Waals surface area contributed by atoms with Crippen LogP contribution in [0.15, 0.2) is 24.5 Å². The van der Waals surface area contributed by atoms with Gasteiger partial charge >= 0.3 is 0 Å². The molecular formula is C15H17FN4O. The minimum absolute atomic E-state index is 0.195. The normalized spacial score (nSPS) is 14.2. The molecule has 1 N–H and O–H groups in total. The molecule has 0 spiro atoms. The van der Waals surface area contributed by atoms with Crippen molar-refractivity contribution in [3.63, 3.8) is 0 Å². The van der Waals surface area contributed by atoms with E-state index in [9.17, 15) is 9.18 Å². The molecule has 0 aliphatic heterocycles. The van der Waals surface area contributed by atoms with Crippen LogP contribution in [-0.4, -0.2) is 27.2 Å². The monoisotopic (exact) mass is 288 g/mol. The van der Waals surface area contributed by atoms with Gasteiger partial charge in [-0.15, -0.1) is 10.2 Å². The van der Waals surface area contributed by atoms with Crippen LogP contribution in [0.5, 0.6) is 0 Å². The molecule has 1 aromatic heterocycles. The predicted molar refractivity (Wildman–Crippen MR) is 75.5 cm³/mol. The summed E-state index contributed by atoms with van der Waals surface area (Å²) < 4.78 is 15.2. The smallest absolute Gasteiger partial charge is 0.251 e. The number of amides is 1. The average molecular weight is 288 g/mol. The highest BCUT2D eigenvalue weighted by molar-refractivity contribution is 5.94. The molecule has 0 atom stereocenters. The molecule has 21 heavy (non-hydrogen) atoms. The fourth-order valence-electron chi connectivity index (χ4n) is 2.27. The second-order valence-corrected chi connectivity index (χ2v) is 5.38. The molecule has 0 bridgehead atoms. The van der Waals surface area contributed by atoms with Crippen molar-refractivity contribution < 1.29 is 9.18 Å². The van der Waals surface area contributed by atoms with E-state index in [1.165, 1.54) is 25.0 Å². The second kappa shape index (κ2) is 5.63. The molecule has 0 unspecified atom stereocenters. The first-order valence-electron chi connectivity index (χ1n) is 7.07. The van der Waals surface area contributed by atoms with Gasteiger partial charge in [-0.05, 0) is 43.5 Å². The lowest BCUT2D eigenvalue weighted by Crippen LogP contribution is -2.27. The molecule has 1 amide bonds. The third-order valence-electron chi connectivity index (χ3n) is 3.65. The zero-order valence-corrected chi connectivity index (χ0v) is 11.8. The van der Waals surface area contributed by atoms with E-state index in [1.54, 1.807) is 19.3 Å². The maximum atomic E-state index is 13.2. The van der Waals surface area contributed by atoms with E-state index in [2.05, 4.69) is 15.5 Å². The summed E-state index contributed by atoms with van der Waals surface area (Å²) >= 11 is 0. The highest BCUT2D eigenvalue weighted by Gasteiger charge is 2.28. The minimum Gasteiger partial charge on any atom is -0.350 e. The first-order chi connectivity index (χ1) is 10.1. The van der Waals surface area contributed by atoms with E-state index in [-0.39, 0.29) is 11.7 Å². The third-order valence-corrected chi connectivity index (χ3v) is 3.65. The maximum absolute atomic E-state index is 13.2. The summed E-state index contributed by atoms with van der Waals surface area (Å²) in [5.74, 6) is 1.04. The lowest BCUT2D eigenvalue weighted by Gasteiger charge is -2.08. The van der Waals surface area contributed by atoms with Gasteiger partial charge in [0.05, 0.1) is 0 Å². The van der Waals surface area contributed by atoms with Gasteiger partial charge in [0.15, 0.2) is 0 Å². The van der Waals surface area contributed by atoms with Crippen molar-refractivity contribution in [1.82, 2.24) is 20.1 Å². The van der Waals surface area contributed by atoms with Crippen LogP contribution < -0.4 is 5.32 Å². The Balaban J connectivity index is 1.56. The quantitative estimate of drug-likeness (QED) is 0.916. The fraction of sp³-hybridized carbons (Fsp3) is 0.400. The SMILES string of the molecule is Cc1cc(C(=O)NCCn2cnnc2C2CC2)ccc1F. The Hall–Kier alpha value is -2.24. The number of nitrogens with zero attached hydrogens (tertiary/aromatic N) is 3. The number of nitrogens with one attached hydrogen (secondary N) is 1. The zero-order valence-electron chi connectivity index (χ0n) is 11.8. The van der Waals surface area contributed by atoms with E-state index in [1.807, 2.05) is 4.57 Å². The number of carbonyl (C=O) groups is 1. The highest BCUT2D eigenvalue weighted by Crippen LogP contribution is 2.38. The molecule has 6 heteroatoms. The van der Waals surface area contributed by atoms with Crippen molar-refractivity contribution in [3.8, 4) is 0 Å². The van der Waals surface area contributed by atoms with Crippen LogP contribution in [0.25, 0.3) is 0 Å². The van der Waals surface area contributed by atoms with Gasteiger partial charge in [0.1, 0.15) is 18.0 Å². The van der Waals surface area contributed by atoms with Crippen molar-refractivity contribution in [1.29, 1.82) is 0 Å². The zero-order chi connectivity index (χ0) is 14.8. The third kappa shape index (κ3) is 3.09. The number of carbonyl (C=O) groups excluding carboxylic acids is 1. The van der Waals surface area contributed by atoms with Crippen molar-refractivity contribution >= 4 is 5.91 Å². The summed E-state index contributed by atoms with van der Waals surface area (Å²) in [6.45, 7) is 2.78.